The molecule has 0 fully saturated rings. The highest BCUT2D eigenvalue weighted by atomic mass is 16.6. The van der Waals surface area contributed by atoms with Crippen LogP contribution in [0.1, 0.15) is 143 Å². The van der Waals surface area contributed by atoms with Crippen molar-refractivity contribution in [2.45, 2.75) is 148 Å². The number of hydrogen-bond donors (Lipinski definition) is 1. The molecule has 2 N–H and O–H groups in total. The molecule has 1 atom stereocenters. The molecule has 0 radical (unpaired) electrons. The minimum Gasteiger partial charge on any atom is -0.446 e. The van der Waals surface area contributed by atoms with E-state index < -0.39 is 17.5 Å². The highest BCUT2D eigenvalue weighted by molar-refractivity contribution is 5.92. The molecule has 1 amide bonds. The van der Waals surface area contributed by atoms with Crippen LogP contribution >= 0.6 is 0 Å². The number of rotatable bonds is 23. The van der Waals surface area contributed by atoms with E-state index in [-0.39, 0.29) is 0 Å². The van der Waals surface area contributed by atoms with Gasteiger partial charge < -0.3 is 10.5 Å². The second kappa shape index (κ2) is 21.0. The Balaban J connectivity index is 3.80. The van der Waals surface area contributed by atoms with Gasteiger partial charge in [0.25, 0.3) is 5.91 Å². The number of primary amides is 1. The van der Waals surface area contributed by atoms with Gasteiger partial charge in [0.2, 0.25) is 0 Å². The van der Waals surface area contributed by atoms with Gasteiger partial charge in [-0.05, 0) is 51.9 Å². The molecule has 192 valence electrons. The third kappa shape index (κ3) is 16.6. The molecule has 0 aromatic carbocycles. The lowest BCUT2D eigenvalue weighted by atomic mass is 9.89. The maximum Gasteiger partial charge on any atom is 0.334 e. The van der Waals surface area contributed by atoms with E-state index >= 15 is 0 Å². The molecule has 0 bridgehead atoms. The average Bonchev–Trinajstić information content (AvgIpc) is 2.78. The van der Waals surface area contributed by atoms with Crippen molar-refractivity contribution in [1.82, 2.24) is 0 Å². The van der Waals surface area contributed by atoms with E-state index in [2.05, 4.69) is 25.7 Å². The summed E-state index contributed by atoms with van der Waals surface area (Å²) in [7, 11) is 0. The van der Waals surface area contributed by atoms with Gasteiger partial charge in [-0.25, -0.2) is 4.79 Å². The van der Waals surface area contributed by atoms with Crippen molar-refractivity contribution in [1.29, 1.82) is 0 Å². The topological polar surface area (TPSA) is 69.4 Å². The van der Waals surface area contributed by atoms with Gasteiger partial charge >= 0.3 is 5.97 Å². The number of allylic oxidation sites excluding steroid dienone is 2. The van der Waals surface area contributed by atoms with Crippen molar-refractivity contribution in [3.05, 3.63) is 24.3 Å². The summed E-state index contributed by atoms with van der Waals surface area (Å²) in [5, 5.41) is 0. The van der Waals surface area contributed by atoms with Crippen LogP contribution in [0, 0.1) is 0 Å². The highest BCUT2D eigenvalue weighted by Crippen LogP contribution is 2.27. The molecule has 0 heterocycles. The molecule has 0 rings (SSSR count). The van der Waals surface area contributed by atoms with Crippen molar-refractivity contribution in [3.8, 4) is 0 Å². The summed E-state index contributed by atoms with van der Waals surface area (Å²) in [4.78, 5) is 24.1. The zero-order chi connectivity index (χ0) is 24.8. The molecule has 0 aliphatic heterocycles. The summed E-state index contributed by atoms with van der Waals surface area (Å²) in [6, 6.07) is 0. The second-order valence-corrected chi connectivity index (χ2v) is 9.67. The van der Waals surface area contributed by atoms with Crippen LogP contribution in [0.25, 0.3) is 0 Å². The van der Waals surface area contributed by atoms with Crippen molar-refractivity contribution >= 4 is 11.9 Å². The quantitative estimate of drug-likeness (QED) is 0.0716. The number of ether oxygens (including phenoxy) is 1. The smallest absolute Gasteiger partial charge is 0.334 e. The summed E-state index contributed by atoms with van der Waals surface area (Å²) in [5.41, 5.74) is 4.74. The molecule has 0 saturated carbocycles. The zero-order valence-electron chi connectivity index (χ0n) is 22.1. The Labute approximate surface area is 204 Å². The van der Waals surface area contributed by atoms with E-state index in [4.69, 9.17) is 10.5 Å². The van der Waals surface area contributed by atoms with Crippen LogP contribution in [0.5, 0.6) is 0 Å². The van der Waals surface area contributed by atoms with Gasteiger partial charge in [-0.1, -0.05) is 110 Å². The summed E-state index contributed by atoms with van der Waals surface area (Å²) >= 11 is 0. The number of nitrogens with two attached hydrogens (primary N) is 1. The predicted octanol–water partition coefficient (Wildman–Crippen LogP) is 8.34. The zero-order valence-corrected chi connectivity index (χ0v) is 22.1. The first-order valence-corrected chi connectivity index (χ1v) is 13.7. The van der Waals surface area contributed by atoms with Crippen molar-refractivity contribution in [3.63, 3.8) is 0 Å². The SMILES string of the molecule is C=C(C)C(=O)OC(CCC)(CCCCCCCCCC/C=C\CCCCCCCC)C(N)=O. The van der Waals surface area contributed by atoms with Crippen LogP contribution in [-0.4, -0.2) is 17.5 Å². The van der Waals surface area contributed by atoms with Crippen LogP contribution in [0.4, 0.5) is 0 Å². The van der Waals surface area contributed by atoms with Gasteiger partial charge in [0.1, 0.15) is 0 Å². The number of unbranched alkanes of at least 4 members (excludes halogenated alkanes) is 14. The fraction of sp³-hybridized carbons (Fsp3) is 0.793. The Morgan fingerprint density at radius 2 is 1.18 bits per heavy atom. The molecule has 33 heavy (non-hydrogen) atoms. The van der Waals surface area contributed by atoms with Crippen molar-refractivity contribution < 1.29 is 14.3 Å². The summed E-state index contributed by atoms with van der Waals surface area (Å²) < 4.78 is 5.52. The minimum absolute atomic E-state index is 0.296. The van der Waals surface area contributed by atoms with Crippen LogP contribution in [0.3, 0.4) is 0 Å². The lowest BCUT2D eigenvalue weighted by molar-refractivity contribution is -0.165. The van der Waals surface area contributed by atoms with Crippen LogP contribution in [0.15, 0.2) is 24.3 Å². The van der Waals surface area contributed by atoms with Gasteiger partial charge in [-0.15, -0.1) is 0 Å². The Morgan fingerprint density at radius 1 is 0.727 bits per heavy atom. The molecule has 4 nitrogen and oxygen atoms in total. The van der Waals surface area contributed by atoms with Crippen molar-refractivity contribution in [2.75, 3.05) is 0 Å². The molecule has 0 saturated heterocycles. The first-order valence-electron chi connectivity index (χ1n) is 13.7. The fourth-order valence-corrected chi connectivity index (χ4v) is 4.20. The number of carbonyl (C=O) groups is 2. The molecular formula is C29H53NO3. The molecule has 4 heteroatoms. The van der Waals surface area contributed by atoms with Crippen LogP contribution in [-0.2, 0) is 14.3 Å². The number of esters is 1. The summed E-state index contributed by atoms with van der Waals surface area (Å²) in [6.45, 7) is 9.44. The summed E-state index contributed by atoms with van der Waals surface area (Å²) in [5.74, 6) is -1.07. The van der Waals surface area contributed by atoms with E-state index in [1.807, 2.05) is 6.92 Å². The number of amides is 1. The molecule has 0 aliphatic carbocycles. The normalized spacial score (nSPS) is 13.2. The lowest BCUT2D eigenvalue weighted by Gasteiger charge is -2.30. The van der Waals surface area contributed by atoms with Crippen LogP contribution in [0.2, 0.25) is 0 Å². The standard InChI is InChI=1S/C29H53NO3/c1-5-7-8-9-10-11-12-13-14-15-16-17-18-19-20-21-22-23-25-29(24-6-2,28(30)32)33-27(31)26(3)4/h13-14H,3,5-12,15-25H2,1-2,4H3,(H2,30,32)/b14-13-. The number of carbonyl (C=O) groups excluding carboxylic acids is 2. The van der Waals surface area contributed by atoms with Gasteiger partial charge in [-0.2, -0.15) is 0 Å². The Hall–Kier alpha value is -1.58. The molecule has 0 aliphatic rings. The molecular weight excluding hydrogens is 410 g/mol. The highest BCUT2D eigenvalue weighted by Gasteiger charge is 2.39. The maximum atomic E-state index is 12.1. The van der Waals surface area contributed by atoms with E-state index in [0.29, 0.717) is 18.4 Å². The Bertz CT molecular complexity index is 555. The van der Waals surface area contributed by atoms with E-state index in [9.17, 15) is 9.59 Å². The van der Waals surface area contributed by atoms with Gasteiger partial charge in [-0.3, -0.25) is 4.79 Å². The monoisotopic (exact) mass is 463 g/mol. The van der Waals surface area contributed by atoms with E-state index in [0.717, 1.165) is 25.7 Å². The summed E-state index contributed by atoms with van der Waals surface area (Å²) in [6.07, 6.45) is 26.5. The first kappa shape index (κ1) is 31.4. The first-order chi connectivity index (χ1) is 15.9. The largest absolute Gasteiger partial charge is 0.446 e. The molecule has 0 aromatic heterocycles. The Kier molecular flexibility index (Phi) is 20.0. The predicted molar refractivity (Wildman–Crippen MR) is 141 cm³/mol. The van der Waals surface area contributed by atoms with Crippen LogP contribution < -0.4 is 5.73 Å². The second-order valence-electron chi connectivity index (χ2n) is 9.67. The Morgan fingerprint density at radius 3 is 1.61 bits per heavy atom. The maximum absolute atomic E-state index is 12.1. The third-order valence-corrected chi connectivity index (χ3v) is 6.33. The van der Waals surface area contributed by atoms with Gasteiger partial charge in [0.15, 0.2) is 5.60 Å². The molecule has 0 spiro atoms. The fourth-order valence-electron chi connectivity index (χ4n) is 4.20. The minimum atomic E-state index is -1.19. The molecule has 0 aromatic rings. The van der Waals surface area contributed by atoms with E-state index in [1.54, 1.807) is 6.92 Å². The van der Waals surface area contributed by atoms with E-state index in [1.165, 1.54) is 83.5 Å². The third-order valence-electron chi connectivity index (χ3n) is 6.33. The van der Waals surface area contributed by atoms with Gasteiger partial charge in [0.05, 0.1) is 0 Å². The lowest BCUT2D eigenvalue weighted by Crippen LogP contribution is -2.47. The average molecular weight is 464 g/mol. The molecule has 1 unspecified atom stereocenters. The number of hydrogen-bond acceptors (Lipinski definition) is 3. The van der Waals surface area contributed by atoms with Crippen molar-refractivity contribution in [2.24, 2.45) is 5.73 Å². The van der Waals surface area contributed by atoms with Gasteiger partial charge in [0, 0.05) is 5.57 Å².